The van der Waals surface area contributed by atoms with Gasteiger partial charge in [0.25, 0.3) is 11.5 Å². The van der Waals surface area contributed by atoms with Gasteiger partial charge in [0.05, 0.1) is 12.7 Å². The smallest absolute Gasteiger partial charge is 0.337 e. The van der Waals surface area contributed by atoms with Crippen LogP contribution in [0.2, 0.25) is 0 Å². The Balaban J connectivity index is 0.00000288. The maximum atomic E-state index is 12.2. The van der Waals surface area contributed by atoms with Gasteiger partial charge in [0.15, 0.2) is 4.80 Å². The van der Waals surface area contributed by atoms with Crippen molar-refractivity contribution in [2.24, 2.45) is 12.0 Å². The van der Waals surface area contributed by atoms with Gasteiger partial charge in [-0.3, -0.25) is 19.1 Å². The number of halogens is 1. The number of ether oxygens (including phenoxy) is 1. The number of methoxy groups -OCH3 is 1. The number of hydrogen-bond donors (Lipinski definition) is 1. The van der Waals surface area contributed by atoms with Crippen LogP contribution in [-0.2, 0) is 11.8 Å². The fourth-order valence-electron chi connectivity index (χ4n) is 1.81. The van der Waals surface area contributed by atoms with Crippen LogP contribution < -0.4 is 15.7 Å². The third-order valence-electron chi connectivity index (χ3n) is 3.05. The summed E-state index contributed by atoms with van der Waals surface area (Å²) >= 11 is 1.11. The molecular formula is C15H16BrN3O4S. The topological polar surface area (TPSA) is 89.8 Å². The van der Waals surface area contributed by atoms with Crippen LogP contribution in [-0.4, -0.2) is 30.6 Å². The van der Waals surface area contributed by atoms with Crippen LogP contribution in [0.4, 0.5) is 5.69 Å². The van der Waals surface area contributed by atoms with E-state index >= 15 is 0 Å². The first-order valence-electron chi connectivity index (χ1n) is 6.60. The van der Waals surface area contributed by atoms with Crippen LogP contribution in [0.3, 0.4) is 0 Å². The van der Waals surface area contributed by atoms with E-state index in [9.17, 15) is 14.4 Å². The molecule has 0 saturated heterocycles. The number of benzene rings is 1. The number of nitrogens with zero attached hydrogens (tertiary/aromatic N) is 2. The van der Waals surface area contributed by atoms with E-state index in [1.54, 1.807) is 38.4 Å². The quantitative estimate of drug-likeness (QED) is 0.773. The molecule has 0 aliphatic heterocycles. The molecule has 1 aromatic heterocycles. The standard InChI is InChI=1S/C15H15N3O4S.BrH/c1-16-15-18(2)12(19)8-11(23-15)13(20)17-10-6-4-9(5-7-10)14(21)22-3;/h4-8H,1-3H3,(H,17,20);1H. The minimum atomic E-state index is -0.453. The first kappa shape index (κ1) is 19.8. The summed E-state index contributed by atoms with van der Waals surface area (Å²) < 4.78 is 5.97. The SMILES string of the molecule is Br.CN=c1sc(C(=O)Nc2ccc(C(=O)OC)cc2)cc(=O)n1C. The van der Waals surface area contributed by atoms with Crippen LogP contribution in [0.5, 0.6) is 0 Å². The third-order valence-corrected chi connectivity index (χ3v) is 4.21. The third kappa shape index (κ3) is 4.39. The molecule has 1 heterocycles. The summed E-state index contributed by atoms with van der Waals surface area (Å²) in [6.07, 6.45) is 0. The van der Waals surface area contributed by atoms with Crippen molar-refractivity contribution in [1.29, 1.82) is 0 Å². The van der Waals surface area contributed by atoms with Crippen molar-refractivity contribution < 1.29 is 14.3 Å². The predicted octanol–water partition coefficient (Wildman–Crippen LogP) is 1.59. The fourth-order valence-corrected chi connectivity index (χ4v) is 2.63. The largest absolute Gasteiger partial charge is 0.465 e. The van der Waals surface area contributed by atoms with Crippen molar-refractivity contribution in [2.45, 2.75) is 0 Å². The molecule has 1 amide bonds. The van der Waals surface area contributed by atoms with Crippen LogP contribution >= 0.6 is 28.3 Å². The molecule has 2 aromatic rings. The second-order valence-corrected chi connectivity index (χ2v) is 5.55. The molecule has 2 rings (SSSR count). The highest BCUT2D eigenvalue weighted by atomic mass is 79.9. The van der Waals surface area contributed by atoms with Crippen molar-refractivity contribution in [3.05, 3.63) is 55.9 Å². The molecule has 0 aliphatic rings. The molecule has 0 atom stereocenters. The minimum absolute atomic E-state index is 0. The molecule has 9 heteroatoms. The lowest BCUT2D eigenvalue weighted by Gasteiger charge is -2.06. The zero-order valence-electron chi connectivity index (χ0n) is 13.2. The van der Waals surface area contributed by atoms with Gasteiger partial charge < -0.3 is 10.1 Å². The average molecular weight is 414 g/mol. The Morgan fingerprint density at radius 2 is 1.88 bits per heavy atom. The van der Waals surface area contributed by atoms with Crippen molar-refractivity contribution in [3.63, 3.8) is 0 Å². The van der Waals surface area contributed by atoms with Gasteiger partial charge >= 0.3 is 5.97 Å². The number of carbonyl (C=O) groups excluding carboxylic acids is 2. The van der Waals surface area contributed by atoms with E-state index in [1.807, 2.05) is 0 Å². The highest BCUT2D eigenvalue weighted by Crippen LogP contribution is 2.12. The lowest BCUT2D eigenvalue weighted by atomic mass is 10.2. The van der Waals surface area contributed by atoms with E-state index in [1.165, 1.54) is 17.7 Å². The van der Waals surface area contributed by atoms with E-state index in [2.05, 4.69) is 15.0 Å². The van der Waals surface area contributed by atoms with Gasteiger partial charge in [-0.05, 0) is 24.3 Å². The summed E-state index contributed by atoms with van der Waals surface area (Å²) in [7, 11) is 4.44. The Labute approximate surface area is 152 Å². The second kappa shape index (κ2) is 8.55. The highest BCUT2D eigenvalue weighted by molar-refractivity contribution is 8.93. The maximum absolute atomic E-state index is 12.2. The summed E-state index contributed by atoms with van der Waals surface area (Å²) in [6.45, 7) is 0. The van der Waals surface area contributed by atoms with Gasteiger partial charge in [-0.2, -0.15) is 0 Å². The normalized spacial score (nSPS) is 10.7. The number of esters is 1. The summed E-state index contributed by atoms with van der Waals surface area (Å²) in [5.74, 6) is -0.866. The molecular weight excluding hydrogens is 398 g/mol. The molecule has 0 spiro atoms. The monoisotopic (exact) mass is 413 g/mol. The van der Waals surface area contributed by atoms with Crippen molar-refractivity contribution in [3.8, 4) is 0 Å². The van der Waals surface area contributed by atoms with Gasteiger partial charge in [-0.25, -0.2) is 4.79 Å². The van der Waals surface area contributed by atoms with E-state index in [0.29, 0.717) is 16.1 Å². The molecule has 1 aromatic carbocycles. The Bertz CT molecular complexity index is 872. The zero-order valence-corrected chi connectivity index (χ0v) is 15.8. The molecule has 128 valence electrons. The first-order valence-corrected chi connectivity index (χ1v) is 7.41. The van der Waals surface area contributed by atoms with E-state index in [4.69, 9.17) is 0 Å². The Morgan fingerprint density at radius 3 is 2.42 bits per heavy atom. The molecule has 1 N–H and O–H groups in total. The van der Waals surface area contributed by atoms with E-state index < -0.39 is 11.9 Å². The molecule has 0 fully saturated rings. The first-order chi connectivity index (χ1) is 11.0. The Kier molecular flexibility index (Phi) is 7.05. The average Bonchev–Trinajstić information content (AvgIpc) is 2.57. The van der Waals surface area contributed by atoms with Gasteiger partial charge in [0, 0.05) is 25.8 Å². The number of rotatable bonds is 3. The van der Waals surface area contributed by atoms with Crippen molar-refractivity contribution in [2.75, 3.05) is 19.5 Å². The summed E-state index contributed by atoms with van der Waals surface area (Å²) in [6, 6.07) is 7.52. The van der Waals surface area contributed by atoms with E-state index in [0.717, 1.165) is 11.3 Å². The van der Waals surface area contributed by atoms with Crippen LogP contribution in [0.25, 0.3) is 0 Å². The highest BCUT2D eigenvalue weighted by Gasteiger charge is 2.11. The number of nitrogens with one attached hydrogen (secondary N) is 1. The molecule has 0 unspecified atom stereocenters. The Morgan fingerprint density at radius 1 is 1.25 bits per heavy atom. The van der Waals surface area contributed by atoms with Gasteiger partial charge in [-0.15, -0.1) is 17.0 Å². The lowest BCUT2D eigenvalue weighted by Crippen LogP contribution is -2.30. The van der Waals surface area contributed by atoms with Crippen molar-refractivity contribution >= 4 is 45.9 Å². The van der Waals surface area contributed by atoms with Crippen molar-refractivity contribution in [1.82, 2.24) is 4.57 Å². The molecule has 0 aliphatic carbocycles. The van der Waals surface area contributed by atoms with E-state index in [-0.39, 0.29) is 27.4 Å². The summed E-state index contributed by atoms with van der Waals surface area (Å²) in [4.78, 5) is 40.1. The predicted molar refractivity (Wildman–Crippen MR) is 97.1 cm³/mol. The molecule has 0 radical (unpaired) electrons. The number of amides is 1. The molecule has 24 heavy (non-hydrogen) atoms. The number of carbonyl (C=O) groups is 2. The summed E-state index contributed by atoms with van der Waals surface area (Å²) in [5.41, 5.74) is 0.579. The second-order valence-electron chi connectivity index (χ2n) is 4.54. The van der Waals surface area contributed by atoms with Gasteiger partial charge in [0.1, 0.15) is 4.88 Å². The zero-order chi connectivity index (χ0) is 17.0. The molecule has 0 saturated carbocycles. The van der Waals surface area contributed by atoms with Crippen LogP contribution in [0.15, 0.2) is 40.1 Å². The number of hydrogen-bond acceptors (Lipinski definition) is 6. The number of aromatic nitrogens is 1. The number of anilines is 1. The Hall–Kier alpha value is -2.26. The fraction of sp³-hybridized carbons (Fsp3) is 0.200. The van der Waals surface area contributed by atoms with Gasteiger partial charge in [-0.1, -0.05) is 11.3 Å². The van der Waals surface area contributed by atoms with Crippen LogP contribution in [0, 0.1) is 0 Å². The minimum Gasteiger partial charge on any atom is -0.465 e. The van der Waals surface area contributed by atoms with Gasteiger partial charge in [0.2, 0.25) is 0 Å². The maximum Gasteiger partial charge on any atom is 0.337 e. The summed E-state index contributed by atoms with van der Waals surface area (Å²) in [5, 5.41) is 2.67. The van der Waals surface area contributed by atoms with Crippen LogP contribution in [0.1, 0.15) is 20.0 Å². The molecule has 7 nitrogen and oxygen atoms in total. The lowest BCUT2D eigenvalue weighted by molar-refractivity contribution is 0.0600. The molecule has 0 bridgehead atoms.